The molecule has 0 radical (unpaired) electrons. The van der Waals surface area contributed by atoms with Crippen molar-refractivity contribution < 1.29 is 9.90 Å². The summed E-state index contributed by atoms with van der Waals surface area (Å²) in [4.78, 5) is 16.9. The molecule has 2 aromatic rings. The van der Waals surface area contributed by atoms with Crippen molar-refractivity contribution >= 4 is 33.0 Å². The highest BCUT2D eigenvalue weighted by atomic mass is 32.1. The van der Waals surface area contributed by atoms with Gasteiger partial charge < -0.3 is 16.2 Å². The Kier molecular flexibility index (Phi) is 4.80. The number of nitrogens with one attached hydrogen (secondary N) is 1. The number of nitrogens with two attached hydrogens (primary N) is 1. The van der Waals surface area contributed by atoms with E-state index in [0.29, 0.717) is 17.1 Å². The van der Waals surface area contributed by atoms with Crippen molar-refractivity contribution in [1.82, 2.24) is 10.3 Å². The fraction of sp³-hybridized carbons (Fsp3) is 0.467. The quantitative estimate of drug-likeness (QED) is 0.764. The van der Waals surface area contributed by atoms with Crippen LogP contribution in [0.2, 0.25) is 0 Å². The second-order valence-electron chi connectivity index (χ2n) is 5.26. The average Bonchev–Trinajstić information content (AvgIpc) is 2.87. The molecule has 0 atom stereocenters. The number of aliphatic hydroxyl groups is 1. The molecule has 0 fully saturated rings. The number of amides is 1. The Morgan fingerprint density at radius 3 is 2.76 bits per heavy atom. The van der Waals surface area contributed by atoms with Crippen molar-refractivity contribution in [1.29, 1.82) is 0 Å². The third-order valence-electron chi connectivity index (χ3n) is 4.20. The summed E-state index contributed by atoms with van der Waals surface area (Å²) < 4.78 is 0.902. The van der Waals surface area contributed by atoms with Gasteiger partial charge in [0, 0.05) is 29.7 Å². The molecule has 2 heterocycles. The molecular weight excluding hydrogens is 286 g/mol. The number of aromatic nitrogens is 1. The van der Waals surface area contributed by atoms with Crippen LogP contribution in [0.4, 0.5) is 5.69 Å². The fourth-order valence-corrected chi connectivity index (χ4v) is 3.27. The van der Waals surface area contributed by atoms with Crippen molar-refractivity contribution in [2.45, 2.75) is 26.7 Å². The zero-order valence-corrected chi connectivity index (χ0v) is 13.2. The number of anilines is 1. The van der Waals surface area contributed by atoms with Crippen LogP contribution in [0.1, 0.15) is 36.4 Å². The Morgan fingerprint density at radius 2 is 2.19 bits per heavy atom. The highest BCUT2D eigenvalue weighted by Crippen LogP contribution is 2.33. The van der Waals surface area contributed by atoms with Gasteiger partial charge in [-0.1, -0.05) is 13.8 Å². The molecule has 5 nitrogen and oxygen atoms in total. The monoisotopic (exact) mass is 307 g/mol. The normalized spacial score (nSPS) is 11.8. The van der Waals surface area contributed by atoms with Gasteiger partial charge in [-0.15, -0.1) is 11.3 Å². The van der Waals surface area contributed by atoms with E-state index in [2.05, 4.69) is 10.3 Å². The second-order valence-corrected chi connectivity index (χ2v) is 6.32. The van der Waals surface area contributed by atoms with E-state index in [1.807, 2.05) is 19.9 Å². The van der Waals surface area contributed by atoms with E-state index in [-0.39, 0.29) is 17.9 Å². The summed E-state index contributed by atoms with van der Waals surface area (Å²) in [5.41, 5.74) is 6.29. The van der Waals surface area contributed by atoms with Crippen LogP contribution in [0.5, 0.6) is 0 Å². The minimum atomic E-state index is -0.261. The van der Waals surface area contributed by atoms with Crippen molar-refractivity contribution in [3.63, 3.8) is 0 Å². The molecule has 0 aliphatic carbocycles. The summed E-state index contributed by atoms with van der Waals surface area (Å²) in [5, 5.41) is 13.3. The zero-order valence-electron chi connectivity index (χ0n) is 12.3. The molecule has 21 heavy (non-hydrogen) atoms. The molecule has 4 N–H and O–H groups in total. The molecule has 0 saturated heterocycles. The Hall–Kier alpha value is -1.66. The van der Waals surface area contributed by atoms with Crippen LogP contribution in [0.25, 0.3) is 10.1 Å². The summed E-state index contributed by atoms with van der Waals surface area (Å²) >= 11 is 1.34. The minimum Gasteiger partial charge on any atom is -0.397 e. The highest BCUT2D eigenvalue weighted by molar-refractivity contribution is 7.21. The maximum absolute atomic E-state index is 12.3. The van der Waals surface area contributed by atoms with Crippen LogP contribution in [0.3, 0.4) is 0 Å². The van der Waals surface area contributed by atoms with Gasteiger partial charge in [0.05, 0.1) is 17.0 Å². The molecule has 0 aromatic carbocycles. The fourth-order valence-electron chi connectivity index (χ4n) is 2.27. The summed E-state index contributed by atoms with van der Waals surface area (Å²) in [7, 11) is 0. The summed E-state index contributed by atoms with van der Waals surface area (Å²) in [6.45, 7) is 4.55. The molecular formula is C15H21N3O2S. The van der Waals surface area contributed by atoms with E-state index in [4.69, 9.17) is 5.73 Å². The Bertz CT molecular complexity index is 627. The first-order chi connectivity index (χ1) is 10.1. The van der Waals surface area contributed by atoms with Crippen LogP contribution < -0.4 is 11.1 Å². The van der Waals surface area contributed by atoms with Gasteiger partial charge in [0.25, 0.3) is 5.91 Å². The van der Waals surface area contributed by atoms with E-state index >= 15 is 0 Å². The van der Waals surface area contributed by atoms with Gasteiger partial charge in [0.2, 0.25) is 0 Å². The first-order valence-corrected chi connectivity index (χ1v) is 7.89. The molecule has 0 aliphatic heterocycles. The maximum Gasteiger partial charge on any atom is 0.263 e. The molecule has 0 aliphatic rings. The van der Waals surface area contributed by atoms with Crippen molar-refractivity contribution in [3.05, 3.63) is 23.3 Å². The Balaban J connectivity index is 2.17. The Labute approximate surface area is 128 Å². The molecule has 2 rings (SSSR count). The number of carbonyl (C=O) groups is 1. The molecule has 0 saturated carbocycles. The van der Waals surface area contributed by atoms with Gasteiger partial charge in [-0.3, -0.25) is 9.78 Å². The lowest BCUT2D eigenvalue weighted by molar-refractivity contribution is 0.0855. The van der Waals surface area contributed by atoms with E-state index in [9.17, 15) is 9.90 Å². The van der Waals surface area contributed by atoms with Crippen LogP contribution in [0.15, 0.2) is 18.5 Å². The third-order valence-corrected chi connectivity index (χ3v) is 5.35. The van der Waals surface area contributed by atoms with Crippen LogP contribution in [0, 0.1) is 5.41 Å². The molecule has 0 bridgehead atoms. The molecule has 0 unspecified atom stereocenters. The number of rotatable bonds is 6. The number of aliphatic hydroxyl groups excluding tert-OH is 1. The number of hydrogen-bond acceptors (Lipinski definition) is 5. The van der Waals surface area contributed by atoms with Crippen molar-refractivity contribution in [2.24, 2.45) is 5.41 Å². The highest BCUT2D eigenvalue weighted by Gasteiger charge is 2.27. The smallest absolute Gasteiger partial charge is 0.263 e. The maximum atomic E-state index is 12.3. The largest absolute Gasteiger partial charge is 0.397 e. The number of nitrogens with zero attached hydrogens (tertiary/aromatic N) is 1. The van der Waals surface area contributed by atoms with Gasteiger partial charge in [-0.05, 0) is 18.9 Å². The molecule has 6 heteroatoms. The molecule has 2 aromatic heterocycles. The summed E-state index contributed by atoms with van der Waals surface area (Å²) in [5.74, 6) is -0.187. The lowest BCUT2D eigenvalue weighted by Crippen LogP contribution is -2.39. The van der Waals surface area contributed by atoms with Crippen LogP contribution >= 0.6 is 11.3 Å². The predicted molar refractivity (Wildman–Crippen MR) is 86.5 cm³/mol. The van der Waals surface area contributed by atoms with Gasteiger partial charge in [-0.25, -0.2) is 0 Å². The molecule has 0 spiro atoms. The number of hydrogen-bond donors (Lipinski definition) is 3. The summed E-state index contributed by atoms with van der Waals surface area (Å²) in [6.07, 6.45) is 5.00. The molecule has 1 amide bonds. The van der Waals surface area contributed by atoms with Crippen molar-refractivity contribution in [3.8, 4) is 0 Å². The van der Waals surface area contributed by atoms with Gasteiger partial charge in [0.1, 0.15) is 4.88 Å². The summed E-state index contributed by atoms with van der Waals surface area (Å²) in [6, 6.07) is 1.81. The topological polar surface area (TPSA) is 88.2 Å². The first-order valence-electron chi connectivity index (χ1n) is 7.08. The first kappa shape index (κ1) is 15.7. The van der Waals surface area contributed by atoms with Gasteiger partial charge >= 0.3 is 0 Å². The number of fused-ring (bicyclic) bond motifs is 1. The van der Waals surface area contributed by atoms with E-state index in [0.717, 1.165) is 22.9 Å². The lowest BCUT2D eigenvalue weighted by atomic mass is 9.83. The van der Waals surface area contributed by atoms with Crippen LogP contribution in [-0.2, 0) is 0 Å². The number of nitrogen functional groups attached to an aromatic ring is 1. The van der Waals surface area contributed by atoms with E-state index in [1.54, 1.807) is 12.4 Å². The number of carbonyl (C=O) groups excluding carboxylic acids is 1. The standard InChI is InChI=1S/C15H21N3O2S/c1-3-15(4-2,9-19)8-18-14(20)13-12(16)10-5-6-17-7-11(10)21-13/h5-7,19H,3-4,8-9,16H2,1-2H3,(H,18,20). The Morgan fingerprint density at radius 1 is 1.48 bits per heavy atom. The molecule has 114 valence electrons. The van der Waals surface area contributed by atoms with Gasteiger partial charge in [0.15, 0.2) is 0 Å². The third kappa shape index (κ3) is 3.01. The van der Waals surface area contributed by atoms with Crippen molar-refractivity contribution in [2.75, 3.05) is 18.9 Å². The van der Waals surface area contributed by atoms with E-state index < -0.39 is 0 Å². The number of pyridine rings is 1. The SMILES string of the molecule is CCC(CC)(CO)CNC(=O)c1sc2cnccc2c1N. The second kappa shape index (κ2) is 6.41. The minimum absolute atomic E-state index is 0.0616. The predicted octanol–water partition coefficient (Wildman–Crippen LogP) is 2.41. The van der Waals surface area contributed by atoms with E-state index in [1.165, 1.54) is 11.3 Å². The number of thiophene rings is 1. The lowest BCUT2D eigenvalue weighted by Gasteiger charge is -2.29. The van der Waals surface area contributed by atoms with Crippen LogP contribution in [-0.4, -0.2) is 29.1 Å². The average molecular weight is 307 g/mol. The zero-order chi connectivity index (χ0) is 15.5. The van der Waals surface area contributed by atoms with Gasteiger partial charge in [-0.2, -0.15) is 0 Å².